The molecule has 21 heavy (non-hydrogen) atoms. The van der Waals surface area contributed by atoms with Crippen LogP contribution in [0.1, 0.15) is 19.8 Å². The van der Waals surface area contributed by atoms with Crippen molar-refractivity contribution in [3.05, 3.63) is 24.3 Å². The van der Waals surface area contributed by atoms with Gasteiger partial charge in [-0.05, 0) is 43.7 Å². The maximum Gasteiger partial charge on any atom is 0.243 e. The zero-order valence-corrected chi connectivity index (χ0v) is 14.0. The van der Waals surface area contributed by atoms with Crippen LogP contribution in [0.5, 0.6) is 5.75 Å². The van der Waals surface area contributed by atoms with E-state index in [0.717, 1.165) is 19.4 Å². The van der Waals surface area contributed by atoms with Crippen LogP contribution in [0.3, 0.4) is 0 Å². The number of nitrogens with one attached hydrogen (secondary N) is 1. The number of nitrogens with zero attached hydrogens (tertiary/aromatic N) is 1. The highest BCUT2D eigenvalue weighted by Gasteiger charge is 2.29. The van der Waals surface area contributed by atoms with Gasteiger partial charge >= 0.3 is 0 Å². The number of rotatable bonds is 6. The summed E-state index contributed by atoms with van der Waals surface area (Å²) in [4.78, 5) is 0.316. The fourth-order valence-electron chi connectivity index (χ4n) is 2.24. The van der Waals surface area contributed by atoms with Crippen molar-refractivity contribution in [2.45, 2.75) is 30.7 Å². The molecule has 1 aromatic carbocycles. The smallest absolute Gasteiger partial charge is 0.243 e. The number of hydrogen-bond acceptors (Lipinski definition) is 4. The Labute approximate surface area is 133 Å². The summed E-state index contributed by atoms with van der Waals surface area (Å²) in [7, 11) is -1.77. The van der Waals surface area contributed by atoms with Gasteiger partial charge in [0.1, 0.15) is 5.75 Å². The van der Waals surface area contributed by atoms with E-state index in [0.29, 0.717) is 23.8 Å². The molecule has 0 aliphatic carbocycles. The summed E-state index contributed by atoms with van der Waals surface area (Å²) in [6.07, 6.45) is 1.78. The molecule has 120 valence electrons. The van der Waals surface area contributed by atoms with Crippen molar-refractivity contribution < 1.29 is 13.2 Å². The van der Waals surface area contributed by atoms with Crippen LogP contribution in [0.4, 0.5) is 0 Å². The predicted molar refractivity (Wildman–Crippen MR) is 85.7 cm³/mol. The van der Waals surface area contributed by atoms with Crippen LogP contribution in [0, 0.1) is 0 Å². The summed E-state index contributed by atoms with van der Waals surface area (Å²) in [6, 6.07) is 6.68. The molecule has 1 N–H and O–H groups in total. The van der Waals surface area contributed by atoms with Crippen LogP contribution in [0.15, 0.2) is 29.2 Å². The highest BCUT2D eigenvalue weighted by molar-refractivity contribution is 7.89. The highest BCUT2D eigenvalue weighted by Crippen LogP contribution is 2.21. The lowest BCUT2D eigenvalue weighted by Gasteiger charge is -2.23. The Hall–Kier alpha value is -0.820. The molecule has 1 atom stereocenters. The standard InChI is InChI=1S/C14H22N2O3S.ClH/c1-3-10-19-13-4-6-14(7-5-13)20(17,18)16(2)12-8-9-15-11-12;/h4-7,12,15H,3,8-11H2,1-2H3;1H. The van der Waals surface area contributed by atoms with Gasteiger partial charge in [0.05, 0.1) is 11.5 Å². The first-order chi connectivity index (χ1) is 9.55. The number of benzene rings is 1. The van der Waals surface area contributed by atoms with E-state index in [4.69, 9.17) is 4.74 Å². The molecule has 5 nitrogen and oxygen atoms in total. The molecule has 1 aromatic rings. The van der Waals surface area contributed by atoms with E-state index in [1.165, 1.54) is 4.31 Å². The van der Waals surface area contributed by atoms with Crippen molar-refractivity contribution >= 4 is 22.4 Å². The minimum absolute atomic E-state index is 0. The number of sulfonamides is 1. The van der Waals surface area contributed by atoms with Crippen LogP contribution >= 0.6 is 12.4 Å². The average molecular weight is 335 g/mol. The Morgan fingerprint density at radius 1 is 1.33 bits per heavy atom. The topological polar surface area (TPSA) is 58.6 Å². The summed E-state index contributed by atoms with van der Waals surface area (Å²) < 4.78 is 31.9. The Morgan fingerprint density at radius 3 is 2.52 bits per heavy atom. The molecule has 0 aromatic heterocycles. The molecule has 2 rings (SSSR count). The molecule has 0 spiro atoms. The number of halogens is 1. The van der Waals surface area contributed by atoms with Gasteiger partial charge in [0.15, 0.2) is 0 Å². The van der Waals surface area contributed by atoms with Crippen molar-refractivity contribution in [1.29, 1.82) is 0 Å². The summed E-state index contributed by atoms with van der Waals surface area (Å²) in [5.74, 6) is 0.705. The third-order valence-corrected chi connectivity index (χ3v) is 5.45. The monoisotopic (exact) mass is 334 g/mol. The Kier molecular flexibility index (Phi) is 6.93. The van der Waals surface area contributed by atoms with Crippen molar-refractivity contribution in [3.8, 4) is 5.75 Å². The molecule has 0 bridgehead atoms. The molecule has 1 fully saturated rings. The van der Waals surface area contributed by atoms with E-state index in [1.54, 1.807) is 31.3 Å². The maximum atomic E-state index is 12.5. The fraction of sp³-hybridized carbons (Fsp3) is 0.571. The lowest BCUT2D eigenvalue weighted by atomic mass is 10.3. The molecule has 1 saturated heterocycles. The van der Waals surface area contributed by atoms with Crippen molar-refractivity contribution in [1.82, 2.24) is 9.62 Å². The SMILES string of the molecule is CCCOc1ccc(S(=O)(=O)N(C)C2CCNC2)cc1.Cl. The van der Waals surface area contributed by atoms with Crippen LogP contribution in [-0.4, -0.2) is 45.5 Å². The van der Waals surface area contributed by atoms with E-state index < -0.39 is 10.0 Å². The molecular formula is C14H23ClN2O3S. The molecule has 1 aliphatic rings. The van der Waals surface area contributed by atoms with E-state index in [9.17, 15) is 8.42 Å². The quantitative estimate of drug-likeness (QED) is 0.863. The second-order valence-corrected chi connectivity index (χ2v) is 6.99. The number of likely N-dealkylation sites (N-methyl/N-ethyl adjacent to an activating group) is 1. The van der Waals surface area contributed by atoms with Gasteiger partial charge in [0.2, 0.25) is 10.0 Å². The average Bonchev–Trinajstić information content (AvgIpc) is 2.98. The van der Waals surface area contributed by atoms with Gasteiger partial charge in [-0.25, -0.2) is 8.42 Å². The summed E-state index contributed by atoms with van der Waals surface area (Å²) in [5.41, 5.74) is 0. The predicted octanol–water partition coefficient (Wildman–Crippen LogP) is 1.88. The number of ether oxygens (including phenoxy) is 1. The first kappa shape index (κ1) is 18.2. The molecule has 1 aliphatic heterocycles. The molecule has 0 amide bonds. The van der Waals surface area contributed by atoms with Gasteiger partial charge < -0.3 is 10.1 Å². The largest absolute Gasteiger partial charge is 0.494 e. The summed E-state index contributed by atoms with van der Waals surface area (Å²) in [6.45, 7) is 4.25. The molecule has 1 unspecified atom stereocenters. The van der Waals surface area contributed by atoms with E-state index in [-0.39, 0.29) is 18.4 Å². The third-order valence-electron chi connectivity index (χ3n) is 3.52. The van der Waals surface area contributed by atoms with E-state index in [2.05, 4.69) is 5.32 Å². The molecule has 0 saturated carbocycles. The Bertz CT molecular complexity index is 528. The zero-order chi connectivity index (χ0) is 14.6. The zero-order valence-electron chi connectivity index (χ0n) is 12.4. The summed E-state index contributed by atoms with van der Waals surface area (Å²) >= 11 is 0. The second kappa shape index (κ2) is 7.98. The van der Waals surface area contributed by atoms with Crippen molar-refractivity contribution in [2.24, 2.45) is 0 Å². The van der Waals surface area contributed by atoms with Gasteiger partial charge in [-0.3, -0.25) is 0 Å². The first-order valence-electron chi connectivity index (χ1n) is 6.97. The normalized spacial score (nSPS) is 18.5. The molecular weight excluding hydrogens is 312 g/mol. The first-order valence-corrected chi connectivity index (χ1v) is 8.41. The van der Waals surface area contributed by atoms with Gasteiger partial charge in [0.25, 0.3) is 0 Å². The van der Waals surface area contributed by atoms with Crippen molar-refractivity contribution in [2.75, 3.05) is 26.7 Å². The Balaban J connectivity index is 0.00000220. The van der Waals surface area contributed by atoms with Gasteiger partial charge in [-0.2, -0.15) is 4.31 Å². The van der Waals surface area contributed by atoms with Crippen LogP contribution in [0.2, 0.25) is 0 Å². The van der Waals surface area contributed by atoms with Crippen molar-refractivity contribution in [3.63, 3.8) is 0 Å². The Morgan fingerprint density at radius 2 is 2.00 bits per heavy atom. The van der Waals surface area contributed by atoms with E-state index in [1.807, 2.05) is 6.92 Å². The fourth-order valence-corrected chi connectivity index (χ4v) is 3.63. The third kappa shape index (κ3) is 4.32. The second-order valence-electron chi connectivity index (χ2n) is 4.99. The number of hydrogen-bond donors (Lipinski definition) is 1. The van der Waals surface area contributed by atoms with E-state index >= 15 is 0 Å². The summed E-state index contributed by atoms with van der Waals surface area (Å²) in [5, 5.41) is 3.18. The molecule has 7 heteroatoms. The van der Waals surface area contributed by atoms with Gasteiger partial charge in [0, 0.05) is 19.6 Å². The lowest BCUT2D eigenvalue weighted by Crippen LogP contribution is -2.38. The lowest BCUT2D eigenvalue weighted by molar-refractivity contribution is 0.317. The van der Waals surface area contributed by atoms with Gasteiger partial charge in [-0.15, -0.1) is 12.4 Å². The van der Waals surface area contributed by atoms with Crippen LogP contribution in [-0.2, 0) is 10.0 Å². The minimum Gasteiger partial charge on any atom is -0.494 e. The molecule has 0 radical (unpaired) electrons. The van der Waals surface area contributed by atoms with Crippen LogP contribution in [0.25, 0.3) is 0 Å². The van der Waals surface area contributed by atoms with Crippen LogP contribution < -0.4 is 10.1 Å². The maximum absolute atomic E-state index is 12.5. The highest BCUT2D eigenvalue weighted by atomic mass is 35.5. The molecule has 1 heterocycles. The minimum atomic E-state index is -3.42. The van der Waals surface area contributed by atoms with Gasteiger partial charge in [-0.1, -0.05) is 6.92 Å².